The number of hydrogen-bond donors (Lipinski definition) is 0. The Morgan fingerprint density at radius 1 is 0.320 bits per heavy atom. The van der Waals surface area contributed by atoms with Crippen molar-refractivity contribution in [1.29, 1.82) is 0 Å². The number of fused-ring (bicyclic) bond motifs is 1. The van der Waals surface area contributed by atoms with Gasteiger partial charge in [0, 0.05) is 39.1 Å². The summed E-state index contributed by atoms with van der Waals surface area (Å²) >= 11 is 0. The van der Waals surface area contributed by atoms with E-state index in [1.54, 1.807) is 21.6 Å². The molecule has 14 aromatic carbocycles. The Balaban J connectivity index is 0.000000130. The van der Waals surface area contributed by atoms with Crippen LogP contribution in [0.4, 0.5) is 14.9 Å². The Morgan fingerprint density at radius 3 is 0.757 bits per heavy atom. The van der Waals surface area contributed by atoms with Crippen LogP contribution in [0.5, 0.6) is 5.75 Å². The van der Waals surface area contributed by atoms with E-state index in [-0.39, 0.29) is 32.3 Å². The molecule has 0 atom stereocenters. The second-order valence-electron chi connectivity index (χ2n) is 23.5. The SMILES string of the molecule is Cc1c(COc2ccccc2)nc2n1C(=O)N(c1ccc(F)cc1)CC2.[Pd].c1ccc(P(c2ccccc2)c2ccccc2)cc1.c1ccc(P(c2ccccc2)c2ccccc2)cc1.c1ccc(P(c2ccccc2)c2ccccc2)cc1.c1ccc(P(c2ccccc2)c2ccccc2)cc1. The fourth-order valence-electron chi connectivity index (χ4n) is 11.8. The molecule has 0 fully saturated rings. The Hall–Kier alpha value is -10.1. The number of nitrogens with zero attached hydrogens (tertiary/aromatic N) is 3. The first-order valence-electron chi connectivity index (χ1n) is 34.1. The van der Waals surface area contributed by atoms with Crippen LogP contribution in [0, 0.1) is 12.7 Å². The number of imidazole rings is 1. The molecule has 103 heavy (non-hydrogen) atoms. The van der Waals surface area contributed by atoms with Gasteiger partial charge in [-0.15, -0.1) is 0 Å². The van der Waals surface area contributed by atoms with Crippen LogP contribution >= 0.6 is 31.7 Å². The van der Waals surface area contributed by atoms with Crippen molar-refractivity contribution in [3.05, 3.63) is 442 Å². The number of aromatic nitrogens is 2. The molecule has 1 aliphatic rings. The molecule has 0 bridgehead atoms. The Labute approximate surface area is 625 Å². The Kier molecular flexibility index (Phi) is 28.3. The summed E-state index contributed by atoms with van der Waals surface area (Å²) in [5.74, 6) is 1.17. The number of amides is 1. The molecule has 15 aromatic rings. The zero-order chi connectivity index (χ0) is 69.8. The molecule has 16 rings (SSSR count). The third-order valence-corrected chi connectivity index (χ3v) is 26.5. The first-order chi connectivity index (χ1) is 50.4. The van der Waals surface area contributed by atoms with Gasteiger partial charge in [-0.3, -0.25) is 9.47 Å². The molecule has 0 saturated heterocycles. The van der Waals surface area contributed by atoms with Gasteiger partial charge in [0.1, 0.15) is 24.0 Å². The number of anilines is 1. The standard InChI is InChI=1S/C20H18FN3O2.4C18H15P.Pd/c1-14-18(13-26-17-5-3-2-4-6-17)22-19-11-12-23(20(25)24(14)19)16-9-7-15(21)8-10-16;4*1-4-10-16(11-5-1)19(17-12-6-2-7-13-17)18-14-8-3-9-15-18;/h2-10H,11-13H2,1H3;4*1-15H;. The van der Waals surface area contributed by atoms with Crippen molar-refractivity contribution in [3.8, 4) is 5.75 Å². The number of carbonyl (C=O) groups excluding carboxylic acids is 1. The number of ether oxygens (including phenoxy) is 1. The number of hydrogen-bond acceptors (Lipinski definition) is 3. The molecule has 0 spiro atoms. The summed E-state index contributed by atoms with van der Waals surface area (Å²) in [6.07, 6.45) is 0.634. The van der Waals surface area contributed by atoms with E-state index in [0.29, 0.717) is 25.3 Å². The van der Waals surface area contributed by atoms with Crippen molar-refractivity contribution in [1.82, 2.24) is 9.55 Å². The molecule has 5 nitrogen and oxygen atoms in total. The van der Waals surface area contributed by atoms with Gasteiger partial charge < -0.3 is 4.74 Å². The van der Waals surface area contributed by atoms with E-state index in [2.05, 4.69) is 369 Å². The zero-order valence-electron chi connectivity index (χ0n) is 57.1. The second kappa shape index (κ2) is 39.3. The van der Waals surface area contributed by atoms with Gasteiger partial charge in [-0.25, -0.2) is 14.2 Å². The van der Waals surface area contributed by atoms with Crippen molar-refractivity contribution < 1.29 is 34.3 Å². The predicted octanol–water partition coefficient (Wildman–Crippen LogP) is 17.7. The summed E-state index contributed by atoms with van der Waals surface area (Å²) in [5, 5.41) is 16.8. The second-order valence-corrected chi connectivity index (χ2v) is 32.4. The normalized spacial score (nSPS) is 11.2. The van der Waals surface area contributed by atoms with E-state index < -0.39 is 31.7 Å². The molecule has 11 heteroatoms. The number of para-hydroxylation sites is 1. The van der Waals surface area contributed by atoms with Crippen molar-refractivity contribution in [2.75, 3.05) is 11.4 Å². The van der Waals surface area contributed by atoms with Crippen LogP contribution in [-0.4, -0.2) is 22.1 Å². The van der Waals surface area contributed by atoms with Gasteiger partial charge in [0.15, 0.2) is 0 Å². The minimum Gasteiger partial charge on any atom is -0.487 e. The van der Waals surface area contributed by atoms with E-state index in [1.165, 1.54) is 75.8 Å². The van der Waals surface area contributed by atoms with Crippen LogP contribution in [-0.2, 0) is 33.5 Å². The quantitative estimate of drug-likeness (QED) is 0.0715. The van der Waals surface area contributed by atoms with Gasteiger partial charge >= 0.3 is 6.03 Å². The third kappa shape index (κ3) is 20.6. The number of benzene rings is 14. The van der Waals surface area contributed by atoms with Gasteiger partial charge in [0.25, 0.3) is 0 Å². The van der Waals surface area contributed by atoms with Gasteiger partial charge in [0.05, 0.1) is 11.4 Å². The molecule has 2 heterocycles. The molecule has 1 aliphatic heterocycles. The maximum atomic E-state index is 13.1. The molecule has 0 radical (unpaired) electrons. The molecule has 510 valence electrons. The van der Waals surface area contributed by atoms with Gasteiger partial charge in [0.2, 0.25) is 0 Å². The first kappa shape index (κ1) is 74.1. The summed E-state index contributed by atoms with van der Waals surface area (Å²) in [7, 11) is -1.78. The van der Waals surface area contributed by atoms with Crippen LogP contribution in [0.3, 0.4) is 0 Å². The topological polar surface area (TPSA) is 47.4 Å². The monoisotopic (exact) mass is 1510 g/mol. The first-order valence-corrected chi connectivity index (χ1v) is 39.4. The smallest absolute Gasteiger partial charge is 0.334 e. The number of rotatable bonds is 16. The molecule has 0 saturated carbocycles. The Morgan fingerprint density at radius 2 is 0.534 bits per heavy atom. The third-order valence-electron chi connectivity index (χ3n) is 16.7. The molecular weight excluding hydrogens is 1430 g/mol. The van der Waals surface area contributed by atoms with Crippen molar-refractivity contribution in [3.63, 3.8) is 0 Å². The van der Waals surface area contributed by atoms with Crippen LogP contribution in [0.25, 0.3) is 0 Å². The van der Waals surface area contributed by atoms with Gasteiger partial charge in [-0.1, -0.05) is 382 Å². The minimum atomic E-state index is -0.446. The van der Waals surface area contributed by atoms with E-state index in [4.69, 9.17) is 4.74 Å². The average molecular weight is 1510 g/mol. The molecule has 0 aliphatic carbocycles. The average Bonchev–Trinajstić information content (AvgIpc) is 1.65. The van der Waals surface area contributed by atoms with Gasteiger partial charge in [-0.2, -0.15) is 0 Å². The fraction of sp³-hybridized carbons (Fsp3) is 0.0435. The fourth-order valence-corrected chi connectivity index (χ4v) is 21.1. The molecule has 0 unspecified atom stereocenters. The summed E-state index contributed by atoms with van der Waals surface area (Å²) in [6.45, 7) is 2.69. The summed E-state index contributed by atoms with van der Waals surface area (Å²) in [5.41, 5.74) is 2.20. The Bertz CT molecular complexity index is 4040. The van der Waals surface area contributed by atoms with E-state index >= 15 is 0 Å². The van der Waals surface area contributed by atoms with E-state index in [1.807, 2.05) is 37.3 Å². The number of halogens is 1. The largest absolute Gasteiger partial charge is 0.487 e. The van der Waals surface area contributed by atoms with E-state index in [9.17, 15) is 9.18 Å². The maximum Gasteiger partial charge on any atom is 0.334 e. The summed E-state index contributed by atoms with van der Waals surface area (Å²) in [4.78, 5) is 19.2. The van der Waals surface area contributed by atoms with E-state index in [0.717, 1.165) is 23.0 Å². The van der Waals surface area contributed by atoms with Crippen LogP contribution in [0.2, 0.25) is 0 Å². The minimum absolute atomic E-state index is 0. The molecule has 1 amide bonds. The molecule has 0 N–H and O–H groups in total. The summed E-state index contributed by atoms with van der Waals surface area (Å²) < 4.78 is 20.5. The van der Waals surface area contributed by atoms with Crippen molar-refractivity contribution in [2.24, 2.45) is 0 Å². The maximum absolute atomic E-state index is 13.1. The number of carbonyl (C=O) groups is 1. The van der Waals surface area contributed by atoms with Crippen LogP contribution in [0.1, 0.15) is 17.2 Å². The van der Waals surface area contributed by atoms with Gasteiger partial charge in [-0.05, 0) is 139 Å². The predicted molar refractivity (Wildman–Crippen MR) is 437 cm³/mol. The molecular formula is C92H78FN3O2P4Pd. The van der Waals surface area contributed by atoms with Crippen molar-refractivity contribution >= 4 is 107 Å². The van der Waals surface area contributed by atoms with Crippen LogP contribution < -0.4 is 73.3 Å². The van der Waals surface area contributed by atoms with Crippen molar-refractivity contribution in [2.45, 2.75) is 20.0 Å². The zero-order valence-corrected chi connectivity index (χ0v) is 62.2. The molecule has 1 aromatic heterocycles. The van der Waals surface area contributed by atoms with Crippen LogP contribution in [0.15, 0.2) is 419 Å². The summed E-state index contributed by atoms with van der Waals surface area (Å²) in [6, 6.07) is 145.